The van der Waals surface area contributed by atoms with Crippen LogP contribution in [0, 0.1) is 6.92 Å². The molecule has 1 heterocycles. The molecular formula is C12H19NO5S2. The molecular weight excluding hydrogens is 302 g/mol. The molecule has 0 spiro atoms. The Labute approximate surface area is 122 Å². The van der Waals surface area contributed by atoms with Crippen molar-refractivity contribution in [2.24, 2.45) is 0 Å². The maximum absolute atomic E-state index is 12.2. The van der Waals surface area contributed by atoms with Crippen LogP contribution in [-0.4, -0.2) is 38.2 Å². The van der Waals surface area contributed by atoms with Crippen molar-refractivity contribution in [1.82, 2.24) is 4.72 Å². The van der Waals surface area contributed by atoms with E-state index in [0.717, 1.165) is 11.3 Å². The second kappa shape index (κ2) is 6.21. The van der Waals surface area contributed by atoms with Crippen molar-refractivity contribution < 1.29 is 23.1 Å². The largest absolute Gasteiger partial charge is 0.477 e. The second-order valence-corrected chi connectivity index (χ2v) is 7.85. The molecule has 0 radical (unpaired) electrons. The number of aromatic carboxylic acids is 1. The van der Waals surface area contributed by atoms with E-state index in [-0.39, 0.29) is 16.3 Å². The van der Waals surface area contributed by atoms with Gasteiger partial charge in [0.1, 0.15) is 4.88 Å². The average Bonchev–Trinajstić information content (AvgIpc) is 2.70. The first-order valence-corrected chi connectivity index (χ1v) is 8.36. The van der Waals surface area contributed by atoms with E-state index >= 15 is 0 Å². The Morgan fingerprint density at radius 2 is 2.10 bits per heavy atom. The minimum atomic E-state index is -3.74. The van der Waals surface area contributed by atoms with E-state index in [4.69, 9.17) is 9.84 Å². The number of carbonyl (C=O) groups is 1. The average molecular weight is 321 g/mol. The fraction of sp³-hybridized carbons (Fsp3) is 0.583. The zero-order valence-corrected chi connectivity index (χ0v) is 13.5. The third-order valence-electron chi connectivity index (χ3n) is 2.60. The Balaban J connectivity index is 2.92. The first-order valence-electron chi connectivity index (χ1n) is 6.06. The van der Waals surface area contributed by atoms with Crippen LogP contribution in [0.25, 0.3) is 0 Å². The number of sulfonamides is 1. The Kier molecular flexibility index (Phi) is 5.31. The van der Waals surface area contributed by atoms with Gasteiger partial charge in [0.05, 0.1) is 10.5 Å². The lowest BCUT2D eigenvalue weighted by molar-refractivity contribution is -0.00515. The normalized spacial score (nSPS) is 12.6. The number of carboxylic acids is 1. The molecule has 6 nitrogen and oxygen atoms in total. The maximum Gasteiger partial charge on any atom is 0.345 e. The summed E-state index contributed by atoms with van der Waals surface area (Å²) in [4.78, 5) is 11.3. The molecule has 0 bridgehead atoms. The summed E-state index contributed by atoms with van der Waals surface area (Å²) < 4.78 is 32.2. The summed E-state index contributed by atoms with van der Waals surface area (Å²) in [6, 6.07) is 1.18. The lowest BCUT2D eigenvalue weighted by Crippen LogP contribution is -2.40. The van der Waals surface area contributed by atoms with E-state index in [1.54, 1.807) is 20.8 Å². The quantitative estimate of drug-likeness (QED) is 0.799. The fourth-order valence-electron chi connectivity index (χ4n) is 1.63. The van der Waals surface area contributed by atoms with Crippen molar-refractivity contribution in [3.05, 3.63) is 15.8 Å². The second-order valence-electron chi connectivity index (χ2n) is 4.85. The monoisotopic (exact) mass is 321 g/mol. The van der Waals surface area contributed by atoms with Gasteiger partial charge in [-0.3, -0.25) is 0 Å². The van der Waals surface area contributed by atoms with Crippen molar-refractivity contribution in [3.8, 4) is 0 Å². The molecule has 0 unspecified atom stereocenters. The van der Waals surface area contributed by atoms with Crippen molar-refractivity contribution in [2.45, 2.75) is 38.2 Å². The van der Waals surface area contributed by atoms with Gasteiger partial charge in [-0.05, 0) is 33.8 Å². The topological polar surface area (TPSA) is 92.7 Å². The number of aryl methyl sites for hydroxylation is 1. The van der Waals surface area contributed by atoms with E-state index in [0.29, 0.717) is 11.5 Å². The third-order valence-corrected chi connectivity index (χ3v) is 5.29. The highest BCUT2D eigenvalue weighted by Gasteiger charge is 2.25. The van der Waals surface area contributed by atoms with Gasteiger partial charge >= 0.3 is 5.97 Å². The highest BCUT2D eigenvalue weighted by molar-refractivity contribution is 7.89. The number of ether oxygens (including phenoxy) is 1. The van der Waals surface area contributed by atoms with Crippen LogP contribution < -0.4 is 4.72 Å². The predicted octanol–water partition coefficient (Wildman–Crippen LogP) is 1.85. The molecule has 0 saturated carbocycles. The number of hydrogen-bond acceptors (Lipinski definition) is 5. The van der Waals surface area contributed by atoms with Crippen LogP contribution in [0.15, 0.2) is 11.0 Å². The lowest BCUT2D eigenvalue weighted by Gasteiger charge is -2.24. The van der Waals surface area contributed by atoms with E-state index in [2.05, 4.69) is 4.72 Å². The summed E-state index contributed by atoms with van der Waals surface area (Å²) in [6.45, 7) is 7.57. The highest BCUT2D eigenvalue weighted by atomic mass is 32.2. The van der Waals surface area contributed by atoms with Gasteiger partial charge in [0, 0.05) is 18.0 Å². The van der Waals surface area contributed by atoms with E-state index in [9.17, 15) is 13.2 Å². The molecule has 0 saturated heterocycles. The van der Waals surface area contributed by atoms with Crippen LogP contribution in [0.4, 0.5) is 0 Å². The van der Waals surface area contributed by atoms with Gasteiger partial charge in [-0.1, -0.05) is 0 Å². The maximum atomic E-state index is 12.2. The zero-order chi connectivity index (χ0) is 15.6. The third kappa shape index (κ3) is 4.27. The number of nitrogens with one attached hydrogen (secondary N) is 1. The van der Waals surface area contributed by atoms with Crippen LogP contribution in [0.3, 0.4) is 0 Å². The van der Waals surface area contributed by atoms with Crippen molar-refractivity contribution >= 4 is 27.3 Å². The summed E-state index contributed by atoms with van der Waals surface area (Å²) in [6.07, 6.45) is 0. The van der Waals surface area contributed by atoms with E-state index in [1.807, 2.05) is 6.92 Å². The molecule has 1 aromatic heterocycles. The fourth-order valence-corrected chi connectivity index (χ4v) is 4.25. The van der Waals surface area contributed by atoms with Crippen LogP contribution >= 0.6 is 11.3 Å². The summed E-state index contributed by atoms with van der Waals surface area (Å²) in [5.74, 6) is -1.13. The summed E-state index contributed by atoms with van der Waals surface area (Å²) in [5.41, 5.74) is -0.624. The van der Waals surface area contributed by atoms with Crippen molar-refractivity contribution in [1.29, 1.82) is 0 Å². The molecule has 1 aromatic rings. The Morgan fingerprint density at radius 1 is 1.50 bits per heavy atom. The Morgan fingerprint density at radius 3 is 2.55 bits per heavy atom. The molecule has 0 aliphatic carbocycles. The van der Waals surface area contributed by atoms with Gasteiger partial charge in [-0.15, -0.1) is 11.3 Å². The molecule has 2 N–H and O–H groups in total. The Bertz CT molecular complexity index is 589. The minimum Gasteiger partial charge on any atom is -0.477 e. The molecule has 0 aromatic carbocycles. The molecule has 0 aliphatic rings. The summed E-state index contributed by atoms with van der Waals surface area (Å²) >= 11 is 0.943. The van der Waals surface area contributed by atoms with Crippen LogP contribution in [0.5, 0.6) is 0 Å². The van der Waals surface area contributed by atoms with Crippen LogP contribution in [0.1, 0.15) is 35.3 Å². The number of rotatable bonds is 7. The van der Waals surface area contributed by atoms with Gasteiger partial charge in [-0.2, -0.15) is 0 Å². The summed E-state index contributed by atoms with van der Waals surface area (Å²) in [7, 11) is -3.74. The lowest BCUT2D eigenvalue weighted by atomic mass is 10.1. The predicted molar refractivity (Wildman–Crippen MR) is 76.9 cm³/mol. The number of hydrogen-bond donors (Lipinski definition) is 2. The minimum absolute atomic E-state index is 0.00643. The molecule has 1 rings (SSSR count). The molecule has 0 atom stereocenters. The molecule has 8 heteroatoms. The smallest absolute Gasteiger partial charge is 0.345 e. The first-order chi connectivity index (χ1) is 9.09. The number of thiophene rings is 1. The first kappa shape index (κ1) is 17.1. The van der Waals surface area contributed by atoms with E-state index < -0.39 is 21.6 Å². The molecule has 114 valence electrons. The van der Waals surface area contributed by atoms with Crippen LogP contribution in [-0.2, 0) is 14.8 Å². The van der Waals surface area contributed by atoms with E-state index in [1.165, 1.54) is 6.07 Å². The summed E-state index contributed by atoms with van der Waals surface area (Å²) in [5, 5.41) is 8.89. The van der Waals surface area contributed by atoms with Gasteiger partial charge < -0.3 is 9.84 Å². The van der Waals surface area contributed by atoms with Gasteiger partial charge in [0.25, 0.3) is 0 Å². The number of carboxylic acid groups (broad SMARTS) is 1. The van der Waals surface area contributed by atoms with Gasteiger partial charge in [0.15, 0.2) is 0 Å². The standard InChI is InChI=1S/C12H19NO5S2/c1-5-18-12(3,4)7-13-20(16,17)10-6-9(11(14)15)19-8(10)2/h6,13H,5,7H2,1-4H3,(H,14,15). The molecule has 0 amide bonds. The van der Waals surface area contributed by atoms with Crippen molar-refractivity contribution in [3.63, 3.8) is 0 Å². The molecule has 20 heavy (non-hydrogen) atoms. The van der Waals surface area contributed by atoms with Crippen molar-refractivity contribution in [2.75, 3.05) is 13.2 Å². The van der Waals surface area contributed by atoms with Gasteiger partial charge in [-0.25, -0.2) is 17.9 Å². The Hall–Kier alpha value is -0.960. The zero-order valence-electron chi connectivity index (χ0n) is 11.9. The van der Waals surface area contributed by atoms with Crippen LogP contribution in [0.2, 0.25) is 0 Å². The molecule has 0 aliphatic heterocycles. The SMILES string of the molecule is CCOC(C)(C)CNS(=O)(=O)c1cc(C(=O)O)sc1C. The highest BCUT2D eigenvalue weighted by Crippen LogP contribution is 2.25. The van der Waals surface area contributed by atoms with Gasteiger partial charge in [0.2, 0.25) is 10.0 Å². The molecule has 0 fully saturated rings.